The molecule has 116 valence electrons. The second-order valence-electron chi connectivity index (χ2n) is 6.87. The molecule has 0 bridgehead atoms. The Morgan fingerprint density at radius 3 is 2.38 bits per heavy atom. The number of rotatable bonds is 3. The first-order chi connectivity index (χ1) is 9.62. The van der Waals surface area contributed by atoms with Gasteiger partial charge in [-0.3, -0.25) is 0 Å². The lowest BCUT2D eigenvalue weighted by molar-refractivity contribution is 0.255. The molecule has 0 saturated carbocycles. The Bertz CT molecular complexity index is 537. The van der Waals surface area contributed by atoms with Crippen molar-refractivity contribution < 1.29 is 4.79 Å². The molecule has 3 heteroatoms. The number of hydrogen-bond acceptors (Lipinski definition) is 1. The van der Waals surface area contributed by atoms with Crippen molar-refractivity contribution in [1.82, 2.24) is 5.32 Å². The second kappa shape index (κ2) is 6.79. The van der Waals surface area contributed by atoms with Crippen LogP contribution in [0.1, 0.15) is 58.6 Å². The summed E-state index contributed by atoms with van der Waals surface area (Å²) in [6, 6.07) is 5.90. The number of nitrogens with one attached hydrogen (secondary N) is 2. The van der Waals surface area contributed by atoms with Crippen LogP contribution in [0.15, 0.2) is 30.0 Å². The molecule has 0 unspecified atom stereocenters. The van der Waals surface area contributed by atoms with E-state index in [0.717, 1.165) is 22.4 Å². The summed E-state index contributed by atoms with van der Waals surface area (Å²) in [7, 11) is 0. The number of allylic oxidation sites excluding steroid dienone is 1. The number of carbonyl (C=O) groups is 1. The maximum Gasteiger partial charge on any atom is 0.323 e. The molecule has 2 N–H and O–H groups in total. The van der Waals surface area contributed by atoms with Gasteiger partial charge in [-0.2, -0.15) is 0 Å². The summed E-state index contributed by atoms with van der Waals surface area (Å²) in [5.74, 6) is 0.368. The SMILES string of the molecule is C/C(=C\NC(=O)Nc1c(C)cccc1C(C)C)C(C)(C)C. The molecule has 21 heavy (non-hydrogen) atoms. The fourth-order valence-electron chi connectivity index (χ4n) is 1.88. The molecular formula is C18H28N2O. The number of aryl methyl sites for hydroxylation is 1. The van der Waals surface area contributed by atoms with Crippen LogP contribution in [-0.4, -0.2) is 6.03 Å². The molecule has 0 aromatic heterocycles. The van der Waals surface area contributed by atoms with Crippen LogP contribution in [0.2, 0.25) is 0 Å². The van der Waals surface area contributed by atoms with Gasteiger partial charge in [0.05, 0.1) is 0 Å². The van der Waals surface area contributed by atoms with Crippen LogP contribution in [0, 0.1) is 12.3 Å². The third kappa shape index (κ3) is 4.92. The average molecular weight is 288 g/mol. The Labute approximate surface area is 128 Å². The Kier molecular flexibility index (Phi) is 5.59. The zero-order valence-corrected chi connectivity index (χ0v) is 14.3. The molecule has 0 saturated heterocycles. The third-order valence-corrected chi connectivity index (χ3v) is 3.77. The van der Waals surface area contributed by atoms with Crippen molar-refractivity contribution in [2.75, 3.05) is 5.32 Å². The molecule has 1 rings (SSSR count). The molecule has 0 spiro atoms. The lowest BCUT2D eigenvalue weighted by atomic mass is 9.88. The normalized spacial score (nSPS) is 12.5. The molecule has 0 fully saturated rings. The summed E-state index contributed by atoms with van der Waals surface area (Å²) in [6.45, 7) is 14.7. The summed E-state index contributed by atoms with van der Waals surface area (Å²) in [5, 5.41) is 5.79. The van der Waals surface area contributed by atoms with Gasteiger partial charge in [-0.15, -0.1) is 0 Å². The number of urea groups is 1. The zero-order chi connectivity index (χ0) is 16.2. The van der Waals surface area contributed by atoms with Gasteiger partial charge in [0.1, 0.15) is 0 Å². The molecule has 0 heterocycles. The molecule has 0 aliphatic rings. The van der Waals surface area contributed by atoms with E-state index < -0.39 is 0 Å². The van der Waals surface area contributed by atoms with Gasteiger partial charge in [-0.1, -0.05) is 58.4 Å². The smallest absolute Gasteiger partial charge is 0.314 e. The van der Waals surface area contributed by atoms with Crippen molar-refractivity contribution in [2.24, 2.45) is 5.41 Å². The number of para-hydroxylation sites is 1. The standard InChI is InChI=1S/C18H28N2O/c1-12(2)15-10-8-9-13(3)16(15)20-17(21)19-11-14(4)18(5,6)7/h8-12H,1-7H3,(H2,19,20,21)/b14-11+. The van der Waals surface area contributed by atoms with E-state index in [0.29, 0.717) is 5.92 Å². The van der Waals surface area contributed by atoms with E-state index >= 15 is 0 Å². The lowest BCUT2D eigenvalue weighted by Crippen LogP contribution is -2.26. The number of hydrogen-bond donors (Lipinski definition) is 2. The second-order valence-corrected chi connectivity index (χ2v) is 6.87. The summed E-state index contributed by atoms with van der Waals surface area (Å²) in [4.78, 5) is 12.1. The highest BCUT2D eigenvalue weighted by Crippen LogP contribution is 2.27. The number of benzene rings is 1. The molecule has 1 aromatic carbocycles. The fourth-order valence-corrected chi connectivity index (χ4v) is 1.88. The molecule has 0 atom stereocenters. The van der Waals surface area contributed by atoms with Crippen LogP contribution >= 0.6 is 0 Å². The molecule has 0 aliphatic heterocycles. The quantitative estimate of drug-likeness (QED) is 0.789. The van der Waals surface area contributed by atoms with Crippen LogP contribution < -0.4 is 10.6 Å². The van der Waals surface area contributed by atoms with Crippen LogP contribution in [-0.2, 0) is 0 Å². The first kappa shape index (κ1) is 17.3. The van der Waals surface area contributed by atoms with E-state index in [-0.39, 0.29) is 11.4 Å². The van der Waals surface area contributed by atoms with Crippen molar-refractivity contribution in [3.8, 4) is 0 Å². The Morgan fingerprint density at radius 2 is 1.86 bits per heavy atom. The Morgan fingerprint density at radius 1 is 1.24 bits per heavy atom. The predicted octanol–water partition coefficient (Wildman–Crippen LogP) is 5.19. The Hall–Kier alpha value is -1.77. The minimum Gasteiger partial charge on any atom is -0.314 e. The third-order valence-electron chi connectivity index (χ3n) is 3.77. The maximum absolute atomic E-state index is 12.1. The first-order valence-electron chi connectivity index (χ1n) is 7.47. The molecular weight excluding hydrogens is 260 g/mol. The fraction of sp³-hybridized carbons (Fsp3) is 0.500. The van der Waals surface area contributed by atoms with Crippen LogP contribution in [0.5, 0.6) is 0 Å². The van der Waals surface area contributed by atoms with E-state index in [1.165, 1.54) is 0 Å². The monoisotopic (exact) mass is 288 g/mol. The van der Waals surface area contributed by atoms with Gasteiger partial charge in [0.15, 0.2) is 0 Å². The summed E-state index contributed by atoms with van der Waals surface area (Å²) < 4.78 is 0. The van der Waals surface area contributed by atoms with Gasteiger partial charge in [-0.25, -0.2) is 4.79 Å². The van der Waals surface area contributed by atoms with E-state index in [1.807, 2.05) is 26.0 Å². The van der Waals surface area contributed by atoms with Gasteiger partial charge in [0.25, 0.3) is 0 Å². The molecule has 3 nitrogen and oxygen atoms in total. The van der Waals surface area contributed by atoms with Crippen molar-refractivity contribution in [3.63, 3.8) is 0 Å². The molecule has 0 radical (unpaired) electrons. The minimum atomic E-state index is -0.199. The van der Waals surface area contributed by atoms with Gasteiger partial charge >= 0.3 is 6.03 Å². The van der Waals surface area contributed by atoms with E-state index in [9.17, 15) is 4.79 Å². The summed E-state index contributed by atoms with van der Waals surface area (Å²) >= 11 is 0. The van der Waals surface area contributed by atoms with Crippen LogP contribution in [0.3, 0.4) is 0 Å². The number of amides is 2. The highest BCUT2D eigenvalue weighted by molar-refractivity contribution is 5.91. The minimum absolute atomic E-state index is 0.0546. The van der Waals surface area contributed by atoms with E-state index in [4.69, 9.17) is 0 Å². The highest BCUT2D eigenvalue weighted by atomic mass is 16.2. The molecule has 1 aromatic rings. The topological polar surface area (TPSA) is 41.1 Å². The van der Waals surface area contributed by atoms with Gasteiger partial charge in [0, 0.05) is 11.9 Å². The summed E-state index contributed by atoms with van der Waals surface area (Å²) in [5.41, 5.74) is 4.33. The molecule has 0 aliphatic carbocycles. The Balaban J connectivity index is 2.86. The largest absolute Gasteiger partial charge is 0.323 e. The maximum atomic E-state index is 12.1. The van der Waals surface area contributed by atoms with Crippen LogP contribution in [0.25, 0.3) is 0 Å². The summed E-state index contributed by atoms with van der Waals surface area (Å²) in [6.07, 6.45) is 1.78. The van der Waals surface area contributed by atoms with E-state index in [1.54, 1.807) is 6.20 Å². The van der Waals surface area contributed by atoms with Crippen molar-refractivity contribution in [1.29, 1.82) is 0 Å². The van der Waals surface area contributed by atoms with Gasteiger partial charge in [-0.05, 0) is 36.3 Å². The van der Waals surface area contributed by atoms with Gasteiger partial charge < -0.3 is 10.6 Å². The average Bonchev–Trinajstić information content (AvgIpc) is 2.36. The van der Waals surface area contributed by atoms with Gasteiger partial charge in [0.2, 0.25) is 0 Å². The lowest BCUT2D eigenvalue weighted by Gasteiger charge is -2.20. The zero-order valence-electron chi connectivity index (χ0n) is 14.3. The highest BCUT2D eigenvalue weighted by Gasteiger charge is 2.14. The van der Waals surface area contributed by atoms with Crippen molar-refractivity contribution >= 4 is 11.7 Å². The van der Waals surface area contributed by atoms with E-state index in [2.05, 4.69) is 51.3 Å². The van der Waals surface area contributed by atoms with Crippen LogP contribution in [0.4, 0.5) is 10.5 Å². The predicted molar refractivity (Wildman–Crippen MR) is 90.6 cm³/mol. The van der Waals surface area contributed by atoms with Crippen molar-refractivity contribution in [2.45, 2.75) is 54.4 Å². The van der Waals surface area contributed by atoms with Crippen molar-refractivity contribution in [3.05, 3.63) is 41.1 Å². The number of anilines is 1. The number of carbonyl (C=O) groups excluding carboxylic acids is 1. The first-order valence-corrected chi connectivity index (χ1v) is 7.47. The molecule has 2 amide bonds.